The summed E-state index contributed by atoms with van der Waals surface area (Å²) in [6, 6.07) is 0. The molecule has 1 saturated heterocycles. The zero-order chi connectivity index (χ0) is 5.98. The van der Waals surface area contributed by atoms with Gasteiger partial charge in [0.1, 0.15) is 6.09 Å². The Morgan fingerprint density at radius 3 is 2.00 bits per heavy atom. The second kappa shape index (κ2) is 4.14. The van der Waals surface area contributed by atoms with Gasteiger partial charge in [-0.05, 0) is 12.8 Å². The van der Waals surface area contributed by atoms with Gasteiger partial charge in [0.15, 0.2) is 0 Å². The molecular weight excluding hydrogens is 129 g/mol. The van der Waals surface area contributed by atoms with Crippen LogP contribution in [0.2, 0.25) is 0 Å². The van der Waals surface area contributed by atoms with Gasteiger partial charge in [-0.3, -0.25) is 0 Å². The third-order valence-electron chi connectivity index (χ3n) is 1.36. The van der Waals surface area contributed by atoms with Gasteiger partial charge in [0.05, 0.1) is 0 Å². The van der Waals surface area contributed by atoms with Gasteiger partial charge < -0.3 is 14.8 Å². The van der Waals surface area contributed by atoms with Crippen LogP contribution in [-0.4, -0.2) is 24.1 Å². The first-order valence-electron chi connectivity index (χ1n) is 2.76. The summed E-state index contributed by atoms with van der Waals surface area (Å²) >= 11 is 0. The van der Waals surface area contributed by atoms with Crippen LogP contribution in [-0.2, 0) is 0 Å². The number of carbonyl (C=O) groups is 1. The summed E-state index contributed by atoms with van der Waals surface area (Å²) in [5.74, 6) is 0. The van der Waals surface area contributed by atoms with E-state index in [0.717, 1.165) is 12.8 Å². The first kappa shape index (κ1) is 9.27. The molecule has 1 amide bonds. The minimum atomic E-state index is -1.03. The molecule has 46 valence electrons. The van der Waals surface area contributed by atoms with E-state index in [1.807, 2.05) is 0 Å². The van der Waals surface area contributed by atoms with Crippen LogP contribution in [0.4, 0.5) is 4.79 Å². The van der Waals surface area contributed by atoms with Crippen molar-refractivity contribution in [3.8, 4) is 0 Å². The van der Waals surface area contributed by atoms with Crippen molar-refractivity contribution in [1.82, 2.24) is 4.90 Å². The second-order valence-corrected chi connectivity index (χ2v) is 1.96. The summed E-state index contributed by atoms with van der Waals surface area (Å²) < 4.78 is 0. The molecule has 0 unspecified atom stereocenters. The van der Waals surface area contributed by atoms with Gasteiger partial charge in [0, 0.05) is 13.1 Å². The molecule has 0 aromatic carbocycles. The maximum atomic E-state index is 10.0. The van der Waals surface area contributed by atoms with Gasteiger partial charge in [0.25, 0.3) is 0 Å². The first-order chi connectivity index (χ1) is 3.80. The van der Waals surface area contributed by atoms with Gasteiger partial charge in [0.2, 0.25) is 0 Å². The molecule has 0 aromatic rings. The van der Waals surface area contributed by atoms with Gasteiger partial charge in [-0.15, -0.1) is 0 Å². The Bertz CT molecular complexity index is 101. The fourth-order valence-electron chi connectivity index (χ4n) is 0.900. The molecular formula is C5H8NNaO2. The van der Waals surface area contributed by atoms with Crippen molar-refractivity contribution in [1.29, 1.82) is 0 Å². The molecule has 0 atom stereocenters. The Morgan fingerprint density at radius 1 is 1.33 bits per heavy atom. The summed E-state index contributed by atoms with van der Waals surface area (Å²) in [6.45, 7) is 1.34. The van der Waals surface area contributed by atoms with Gasteiger partial charge in [-0.2, -0.15) is 0 Å². The van der Waals surface area contributed by atoms with Crippen LogP contribution < -0.4 is 34.7 Å². The summed E-state index contributed by atoms with van der Waals surface area (Å²) in [5.41, 5.74) is 0. The maximum Gasteiger partial charge on any atom is 1.00 e. The molecule has 0 saturated carbocycles. The van der Waals surface area contributed by atoms with Crippen molar-refractivity contribution in [3.63, 3.8) is 0 Å². The number of amides is 1. The Morgan fingerprint density at radius 2 is 1.78 bits per heavy atom. The summed E-state index contributed by atoms with van der Waals surface area (Å²) in [5, 5.41) is 10.0. The zero-order valence-corrected chi connectivity index (χ0v) is 7.59. The number of carbonyl (C=O) groups excluding carboxylic acids is 1. The van der Waals surface area contributed by atoms with E-state index < -0.39 is 6.09 Å². The molecule has 1 fully saturated rings. The predicted octanol–water partition coefficient (Wildman–Crippen LogP) is -3.57. The minimum Gasteiger partial charge on any atom is -0.530 e. The monoisotopic (exact) mass is 137 g/mol. The van der Waals surface area contributed by atoms with Gasteiger partial charge in [-0.25, -0.2) is 0 Å². The molecule has 1 aliphatic rings. The fraction of sp³-hybridized carbons (Fsp3) is 0.800. The average Bonchev–Trinajstić information content (AvgIpc) is 2.12. The van der Waals surface area contributed by atoms with E-state index in [1.165, 1.54) is 4.90 Å². The summed E-state index contributed by atoms with van der Waals surface area (Å²) in [4.78, 5) is 11.3. The van der Waals surface area contributed by atoms with E-state index >= 15 is 0 Å². The number of nitrogens with zero attached hydrogens (tertiary/aromatic N) is 1. The standard InChI is InChI=1S/C5H9NO2.Na/c7-5(8)6-3-1-2-4-6;/h1-4H2,(H,7,8);/q;+1/p-1. The van der Waals surface area contributed by atoms with Crippen LogP contribution in [0, 0.1) is 0 Å². The molecule has 0 N–H and O–H groups in total. The Balaban J connectivity index is 0.000000640. The van der Waals surface area contributed by atoms with E-state index in [9.17, 15) is 9.90 Å². The van der Waals surface area contributed by atoms with E-state index in [0.29, 0.717) is 13.1 Å². The minimum absolute atomic E-state index is 0. The van der Waals surface area contributed by atoms with Gasteiger partial charge in [-0.1, -0.05) is 0 Å². The Kier molecular flexibility index (Phi) is 4.27. The largest absolute Gasteiger partial charge is 1.00 e. The quantitative estimate of drug-likeness (QED) is 0.324. The van der Waals surface area contributed by atoms with Crippen LogP contribution in [0.3, 0.4) is 0 Å². The van der Waals surface area contributed by atoms with Crippen molar-refractivity contribution in [3.05, 3.63) is 0 Å². The third kappa shape index (κ3) is 2.56. The van der Waals surface area contributed by atoms with Crippen molar-refractivity contribution in [2.75, 3.05) is 13.1 Å². The van der Waals surface area contributed by atoms with Crippen molar-refractivity contribution >= 4 is 6.09 Å². The molecule has 0 spiro atoms. The topological polar surface area (TPSA) is 43.4 Å². The molecule has 0 radical (unpaired) electrons. The molecule has 3 nitrogen and oxygen atoms in total. The van der Waals surface area contributed by atoms with E-state index in [2.05, 4.69) is 0 Å². The number of likely N-dealkylation sites (tertiary alicyclic amines) is 1. The van der Waals surface area contributed by atoms with Crippen molar-refractivity contribution in [2.45, 2.75) is 12.8 Å². The zero-order valence-electron chi connectivity index (χ0n) is 5.59. The SMILES string of the molecule is O=C([O-])N1CCCC1.[Na+]. The normalized spacial score (nSPS) is 17.1. The average molecular weight is 137 g/mol. The number of hydrogen-bond acceptors (Lipinski definition) is 2. The molecule has 1 rings (SSSR count). The van der Waals surface area contributed by atoms with E-state index in [-0.39, 0.29) is 29.6 Å². The smallest absolute Gasteiger partial charge is 0.530 e. The fourth-order valence-corrected chi connectivity index (χ4v) is 0.900. The van der Waals surface area contributed by atoms with Crippen LogP contribution >= 0.6 is 0 Å². The molecule has 0 bridgehead atoms. The predicted molar refractivity (Wildman–Crippen MR) is 26.2 cm³/mol. The number of carboxylic acid groups (broad SMARTS) is 1. The van der Waals surface area contributed by atoms with Gasteiger partial charge >= 0.3 is 29.6 Å². The molecule has 0 aromatic heterocycles. The molecule has 4 heteroatoms. The molecule has 1 aliphatic heterocycles. The van der Waals surface area contributed by atoms with Crippen LogP contribution in [0.1, 0.15) is 12.8 Å². The van der Waals surface area contributed by atoms with Crippen molar-refractivity contribution in [2.24, 2.45) is 0 Å². The van der Waals surface area contributed by atoms with E-state index in [4.69, 9.17) is 0 Å². The maximum absolute atomic E-state index is 10.0. The number of rotatable bonds is 0. The van der Waals surface area contributed by atoms with E-state index in [1.54, 1.807) is 0 Å². The van der Waals surface area contributed by atoms with Crippen LogP contribution in [0.15, 0.2) is 0 Å². The Labute approximate surface area is 76.3 Å². The third-order valence-corrected chi connectivity index (χ3v) is 1.36. The van der Waals surface area contributed by atoms with Crippen LogP contribution in [0.25, 0.3) is 0 Å². The summed E-state index contributed by atoms with van der Waals surface area (Å²) in [7, 11) is 0. The summed E-state index contributed by atoms with van der Waals surface area (Å²) in [6.07, 6.45) is 0.963. The first-order valence-corrected chi connectivity index (χ1v) is 2.76. The van der Waals surface area contributed by atoms with Crippen molar-refractivity contribution < 1.29 is 39.5 Å². The molecule has 9 heavy (non-hydrogen) atoms. The molecule has 1 heterocycles. The number of hydrogen-bond donors (Lipinski definition) is 0. The molecule has 0 aliphatic carbocycles. The Hall–Kier alpha value is 0.270. The van der Waals surface area contributed by atoms with Crippen LogP contribution in [0.5, 0.6) is 0 Å². The second-order valence-electron chi connectivity index (χ2n) is 1.96.